The van der Waals surface area contributed by atoms with Gasteiger partial charge in [-0.25, -0.2) is 13.2 Å². The van der Waals surface area contributed by atoms with Crippen LogP contribution in [0.3, 0.4) is 0 Å². The third-order valence-electron chi connectivity index (χ3n) is 5.88. The molecule has 0 spiro atoms. The van der Waals surface area contributed by atoms with Crippen molar-refractivity contribution in [1.29, 1.82) is 0 Å². The summed E-state index contributed by atoms with van der Waals surface area (Å²) in [5.41, 5.74) is 2.76. The van der Waals surface area contributed by atoms with Crippen LogP contribution in [0.15, 0.2) is 89.8 Å². The Labute approximate surface area is 203 Å². The molecule has 8 nitrogen and oxygen atoms in total. The average Bonchev–Trinajstić information content (AvgIpc) is 3.07. The molecule has 0 bridgehead atoms. The highest BCUT2D eigenvalue weighted by Gasteiger charge is 2.48. The Morgan fingerprint density at radius 3 is 2.23 bits per heavy atom. The van der Waals surface area contributed by atoms with E-state index in [1.807, 2.05) is 30.3 Å². The highest BCUT2D eigenvalue weighted by Crippen LogP contribution is 2.23. The van der Waals surface area contributed by atoms with Crippen molar-refractivity contribution in [1.82, 2.24) is 15.8 Å². The summed E-state index contributed by atoms with van der Waals surface area (Å²) in [6.45, 7) is 1.62. The Hall–Kier alpha value is -3.98. The van der Waals surface area contributed by atoms with Crippen LogP contribution in [0.25, 0.3) is 0 Å². The van der Waals surface area contributed by atoms with Gasteiger partial charge in [-0.05, 0) is 55.2 Å². The summed E-state index contributed by atoms with van der Waals surface area (Å²) in [6.07, 6.45) is 0.934. The van der Waals surface area contributed by atoms with Crippen molar-refractivity contribution < 1.29 is 22.8 Å². The summed E-state index contributed by atoms with van der Waals surface area (Å²) in [5, 5.41) is 3.34. The van der Waals surface area contributed by atoms with Gasteiger partial charge in [0.15, 0.2) is 9.84 Å². The lowest BCUT2D eigenvalue weighted by Crippen LogP contribution is -2.49. The molecule has 0 saturated carbocycles. The molecular weight excluding hydrogens is 466 g/mol. The van der Waals surface area contributed by atoms with Crippen LogP contribution in [0.4, 0.5) is 4.79 Å². The van der Waals surface area contributed by atoms with E-state index in [4.69, 9.17) is 0 Å². The molecule has 1 heterocycles. The lowest BCUT2D eigenvalue weighted by atomic mass is 9.93. The quantitative estimate of drug-likeness (QED) is 0.470. The molecule has 0 aliphatic carbocycles. The number of benzene rings is 3. The third-order valence-corrected chi connectivity index (χ3v) is 7.58. The first-order chi connectivity index (χ1) is 16.7. The van der Waals surface area contributed by atoms with E-state index in [2.05, 4.69) is 10.7 Å². The van der Waals surface area contributed by atoms with Gasteiger partial charge < -0.3 is 5.32 Å². The molecule has 35 heavy (non-hydrogen) atoms. The Balaban J connectivity index is 1.44. The zero-order chi connectivity index (χ0) is 25.1. The van der Waals surface area contributed by atoms with E-state index in [0.29, 0.717) is 23.4 Å². The standard InChI is InChI=1S/C26H25N3O5S/c1-26(16-15-19-9-4-2-5-10-19)24(31)29(25(32)27-26)28-23(30)21-12-8-11-20(17-21)18-35(33,34)22-13-6-3-7-14-22/h2-14,17H,15-16,18H2,1H3,(H,27,32)(H,28,30). The van der Waals surface area contributed by atoms with E-state index in [1.54, 1.807) is 37.3 Å². The van der Waals surface area contributed by atoms with Crippen molar-refractivity contribution in [3.63, 3.8) is 0 Å². The molecule has 0 radical (unpaired) electrons. The Kier molecular flexibility index (Phi) is 6.70. The highest BCUT2D eigenvalue weighted by atomic mass is 32.2. The Bertz CT molecular complexity index is 1360. The topological polar surface area (TPSA) is 113 Å². The van der Waals surface area contributed by atoms with Gasteiger partial charge in [0.2, 0.25) is 0 Å². The number of nitrogens with one attached hydrogen (secondary N) is 2. The van der Waals surface area contributed by atoms with E-state index >= 15 is 0 Å². The van der Waals surface area contributed by atoms with Crippen LogP contribution < -0.4 is 10.7 Å². The molecular formula is C26H25N3O5S. The Morgan fingerprint density at radius 1 is 0.914 bits per heavy atom. The molecule has 1 atom stereocenters. The van der Waals surface area contributed by atoms with Crippen LogP contribution in [0.2, 0.25) is 0 Å². The molecule has 4 rings (SSSR count). The van der Waals surface area contributed by atoms with Gasteiger partial charge in [-0.15, -0.1) is 0 Å². The predicted molar refractivity (Wildman–Crippen MR) is 130 cm³/mol. The fourth-order valence-corrected chi connectivity index (χ4v) is 5.25. The van der Waals surface area contributed by atoms with Crippen LogP contribution in [-0.4, -0.2) is 36.8 Å². The molecule has 1 saturated heterocycles. The molecule has 9 heteroatoms. The summed E-state index contributed by atoms with van der Waals surface area (Å²) >= 11 is 0. The zero-order valence-electron chi connectivity index (χ0n) is 19.1. The number of sulfone groups is 1. The maximum Gasteiger partial charge on any atom is 0.344 e. The van der Waals surface area contributed by atoms with Gasteiger partial charge in [0.25, 0.3) is 11.8 Å². The molecule has 0 aromatic heterocycles. The normalized spacial score (nSPS) is 17.8. The highest BCUT2D eigenvalue weighted by molar-refractivity contribution is 7.90. The van der Waals surface area contributed by atoms with Crippen molar-refractivity contribution >= 4 is 27.7 Å². The summed E-state index contributed by atoms with van der Waals surface area (Å²) < 4.78 is 25.4. The summed E-state index contributed by atoms with van der Waals surface area (Å²) in [5.74, 6) is -1.55. The number of carbonyl (C=O) groups is 3. The van der Waals surface area contributed by atoms with Gasteiger partial charge in [-0.3, -0.25) is 15.0 Å². The number of hydrogen-bond acceptors (Lipinski definition) is 5. The SMILES string of the molecule is CC1(CCc2ccccc2)NC(=O)N(NC(=O)c2cccc(CS(=O)(=O)c3ccccc3)c2)C1=O. The lowest BCUT2D eigenvalue weighted by molar-refractivity contribution is -0.132. The summed E-state index contributed by atoms with van der Waals surface area (Å²) in [6, 6.07) is 23.0. The Morgan fingerprint density at radius 2 is 1.54 bits per heavy atom. The van der Waals surface area contributed by atoms with Crippen molar-refractivity contribution in [3.8, 4) is 0 Å². The van der Waals surface area contributed by atoms with E-state index in [1.165, 1.54) is 24.3 Å². The molecule has 3 aromatic carbocycles. The lowest BCUT2D eigenvalue weighted by Gasteiger charge is -2.21. The maximum atomic E-state index is 13.0. The second-order valence-corrected chi connectivity index (χ2v) is 10.6. The zero-order valence-corrected chi connectivity index (χ0v) is 19.9. The van der Waals surface area contributed by atoms with E-state index in [-0.39, 0.29) is 16.2 Å². The van der Waals surface area contributed by atoms with Crippen LogP contribution in [0, 0.1) is 0 Å². The average molecular weight is 492 g/mol. The number of urea groups is 1. The monoisotopic (exact) mass is 491 g/mol. The minimum atomic E-state index is -3.60. The molecule has 4 amide bonds. The van der Waals surface area contributed by atoms with Gasteiger partial charge >= 0.3 is 6.03 Å². The molecule has 1 unspecified atom stereocenters. The number of aryl methyl sites for hydroxylation is 1. The third kappa shape index (κ3) is 5.41. The first-order valence-corrected chi connectivity index (χ1v) is 12.7. The van der Waals surface area contributed by atoms with E-state index in [9.17, 15) is 22.8 Å². The summed E-state index contributed by atoms with van der Waals surface area (Å²) in [4.78, 5) is 38.5. The number of hydrazine groups is 1. The second-order valence-electron chi connectivity index (χ2n) is 8.60. The van der Waals surface area contributed by atoms with Gasteiger partial charge in [0.05, 0.1) is 10.6 Å². The van der Waals surface area contributed by atoms with Crippen molar-refractivity contribution in [2.45, 2.75) is 36.0 Å². The largest absolute Gasteiger partial charge is 0.344 e. The first-order valence-electron chi connectivity index (χ1n) is 11.1. The van der Waals surface area contributed by atoms with Crippen molar-refractivity contribution in [2.24, 2.45) is 0 Å². The van der Waals surface area contributed by atoms with Crippen LogP contribution in [0.5, 0.6) is 0 Å². The van der Waals surface area contributed by atoms with Crippen LogP contribution in [-0.2, 0) is 26.8 Å². The van der Waals surface area contributed by atoms with Gasteiger partial charge in [0.1, 0.15) is 5.54 Å². The minimum Gasteiger partial charge on any atom is -0.322 e. The van der Waals surface area contributed by atoms with E-state index < -0.39 is 33.2 Å². The number of carbonyl (C=O) groups excluding carboxylic acids is 3. The number of amides is 4. The molecule has 1 fully saturated rings. The molecule has 1 aliphatic rings. The smallest absolute Gasteiger partial charge is 0.322 e. The maximum absolute atomic E-state index is 13.0. The van der Waals surface area contributed by atoms with Crippen molar-refractivity contribution in [3.05, 3.63) is 102 Å². The number of nitrogens with zero attached hydrogens (tertiary/aromatic N) is 1. The number of rotatable bonds is 8. The number of imide groups is 1. The van der Waals surface area contributed by atoms with Crippen LogP contribution >= 0.6 is 0 Å². The first kappa shape index (κ1) is 24.2. The van der Waals surface area contributed by atoms with Gasteiger partial charge in [-0.2, -0.15) is 5.01 Å². The number of hydrogen-bond donors (Lipinski definition) is 2. The summed E-state index contributed by atoms with van der Waals surface area (Å²) in [7, 11) is -3.60. The van der Waals surface area contributed by atoms with Gasteiger partial charge in [0, 0.05) is 5.56 Å². The molecule has 180 valence electrons. The molecule has 3 aromatic rings. The minimum absolute atomic E-state index is 0.129. The molecule has 1 aliphatic heterocycles. The fourth-order valence-electron chi connectivity index (χ4n) is 3.89. The molecule has 2 N–H and O–H groups in total. The van der Waals surface area contributed by atoms with E-state index in [0.717, 1.165) is 5.56 Å². The fraction of sp³-hybridized carbons (Fsp3) is 0.192. The van der Waals surface area contributed by atoms with Crippen molar-refractivity contribution in [2.75, 3.05) is 0 Å². The van der Waals surface area contributed by atoms with Crippen LogP contribution in [0.1, 0.15) is 34.8 Å². The predicted octanol–water partition coefficient (Wildman–Crippen LogP) is 3.25. The second kappa shape index (κ2) is 9.71. The van der Waals surface area contributed by atoms with Gasteiger partial charge in [-0.1, -0.05) is 60.7 Å².